The van der Waals surface area contributed by atoms with Gasteiger partial charge in [-0.05, 0) is 118 Å². The molecule has 0 aliphatic rings. The number of pyridine rings is 2. The zero-order chi connectivity index (χ0) is 31.9. The fraction of sp³-hybridized carbons (Fsp3) is 0. The first kappa shape index (κ1) is 27.9. The van der Waals surface area contributed by atoms with E-state index in [1.165, 1.54) is 76.8 Å². The molecule has 0 spiro atoms. The summed E-state index contributed by atoms with van der Waals surface area (Å²) in [5, 5.41) is 7.47. The van der Waals surface area contributed by atoms with E-state index in [0.29, 0.717) is 0 Å². The number of aromatic nitrogens is 2. The Morgan fingerprint density at radius 1 is 0.271 bits per heavy atom. The summed E-state index contributed by atoms with van der Waals surface area (Å²) < 4.78 is 0. The van der Waals surface area contributed by atoms with Crippen LogP contribution in [0.2, 0.25) is 0 Å². The Labute approximate surface area is 279 Å². The van der Waals surface area contributed by atoms with E-state index in [1.54, 1.807) is 0 Å². The highest BCUT2D eigenvalue weighted by molar-refractivity contribution is 6.22. The van der Waals surface area contributed by atoms with Crippen molar-refractivity contribution in [3.8, 4) is 55.6 Å². The van der Waals surface area contributed by atoms with E-state index in [-0.39, 0.29) is 0 Å². The molecule has 7 aromatic carbocycles. The third kappa shape index (κ3) is 4.83. The Balaban J connectivity index is 1.31. The van der Waals surface area contributed by atoms with Crippen molar-refractivity contribution >= 4 is 32.3 Å². The minimum absolute atomic E-state index is 1.16. The van der Waals surface area contributed by atoms with E-state index in [0.717, 1.165) is 11.1 Å². The van der Waals surface area contributed by atoms with Crippen LogP contribution in [0.25, 0.3) is 88.0 Å². The summed E-state index contributed by atoms with van der Waals surface area (Å²) >= 11 is 0. The first-order valence-corrected chi connectivity index (χ1v) is 16.3. The largest absolute Gasteiger partial charge is 0.265 e. The maximum atomic E-state index is 4.21. The van der Waals surface area contributed by atoms with Gasteiger partial charge in [0.2, 0.25) is 0 Å². The molecular weight excluding hydrogens is 581 g/mol. The van der Waals surface area contributed by atoms with Crippen molar-refractivity contribution in [1.82, 2.24) is 9.97 Å². The SMILES string of the molecule is c1ccc2c(-c3ccc4c(-c5ccc(-c6ccncc6)cc5)c5ccccc5c(-c5ccc(-c6ccncc6)cc5)c4c3)cccc2c1. The van der Waals surface area contributed by atoms with Gasteiger partial charge in [0.25, 0.3) is 0 Å². The van der Waals surface area contributed by atoms with E-state index < -0.39 is 0 Å². The van der Waals surface area contributed by atoms with Gasteiger partial charge in [-0.1, -0.05) is 127 Å². The van der Waals surface area contributed by atoms with Crippen LogP contribution in [-0.2, 0) is 0 Å². The Kier molecular flexibility index (Phi) is 6.84. The Morgan fingerprint density at radius 2 is 0.688 bits per heavy atom. The van der Waals surface area contributed by atoms with Gasteiger partial charge in [0.05, 0.1) is 0 Å². The van der Waals surface area contributed by atoms with Gasteiger partial charge in [-0.15, -0.1) is 0 Å². The average molecular weight is 611 g/mol. The van der Waals surface area contributed by atoms with Crippen molar-refractivity contribution in [2.45, 2.75) is 0 Å². The molecule has 0 saturated carbocycles. The summed E-state index contributed by atoms with van der Waals surface area (Å²) in [6.07, 6.45) is 7.39. The van der Waals surface area contributed by atoms with Crippen LogP contribution in [0.3, 0.4) is 0 Å². The Morgan fingerprint density at radius 3 is 1.27 bits per heavy atom. The molecule has 2 nitrogen and oxygen atoms in total. The number of nitrogens with zero attached hydrogens (tertiary/aromatic N) is 2. The molecule has 9 aromatic rings. The highest BCUT2D eigenvalue weighted by atomic mass is 14.6. The summed E-state index contributed by atoms with van der Waals surface area (Å²) in [7, 11) is 0. The molecule has 0 radical (unpaired) electrons. The normalized spacial score (nSPS) is 11.3. The summed E-state index contributed by atoms with van der Waals surface area (Å²) in [6, 6.07) is 57.4. The van der Waals surface area contributed by atoms with E-state index in [9.17, 15) is 0 Å². The lowest BCUT2D eigenvalue weighted by atomic mass is 9.84. The number of hydrogen-bond donors (Lipinski definition) is 0. The van der Waals surface area contributed by atoms with E-state index >= 15 is 0 Å². The smallest absolute Gasteiger partial charge is 0.0273 e. The van der Waals surface area contributed by atoms with Crippen molar-refractivity contribution in [2.75, 3.05) is 0 Å². The first-order chi connectivity index (χ1) is 23.8. The number of rotatable bonds is 5. The van der Waals surface area contributed by atoms with Gasteiger partial charge in [0.1, 0.15) is 0 Å². The zero-order valence-corrected chi connectivity index (χ0v) is 26.2. The van der Waals surface area contributed by atoms with Crippen LogP contribution in [-0.4, -0.2) is 9.97 Å². The van der Waals surface area contributed by atoms with Crippen LogP contribution in [0.5, 0.6) is 0 Å². The number of fused-ring (bicyclic) bond motifs is 3. The van der Waals surface area contributed by atoms with Crippen LogP contribution in [0.4, 0.5) is 0 Å². The quantitative estimate of drug-likeness (QED) is 0.181. The molecule has 2 heteroatoms. The zero-order valence-electron chi connectivity index (χ0n) is 26.2. The topological polar surface area (TPSA) is 25.8 Å². The van der Waals surface area contributed by atoms with Gasteiger partial charge in [0.15, 0.2) is 0 Å². The molecule has 224 valence electrons. The maximum absolute atomic E-state index is 4.21. The molecule has 0 amide bonds. The summed E-state index contributed by atoms with van der Waals surface area (Å²) in [5.74, 6) is 0. The minimum Gasteiger partial charge on any atom is -0.265 e. The molecule has 2 heterocycles. The number of hydrogen-bond acceptors (Lipinski definition) is 2. The molecule has 0 N–H and O–H groups in total. The van der Waals surface area contributed by atoms with Gasteiger partial charge in [-0.3, -0.25) is 9.97 Å². The average Bonchev–Trinajstić information content (AvgIpc) is 3.17. The molecule has 48 heavy (non-hydrogen) atoms. The van der Waals surface area contributed by atoms with Crippen LogP contribution < -0.4 is 0 Å². The third-order valence-electron chi connectivity index (χ3n) is 9.50. The Bertz CT molecular complexity index is 2570. The standard InChI is InChI=1S/C46H30N2/c1-2-8-39-35(6-1)7-5-11-40(39)38-20-21-43-44(30-38)46(37-18-14-32(15-19-37)34-24-28-48-29-25-34)42-10-4-3-9-41(42)45(43)36-16-12-31(13-17-36)33-22-26-47-27-23-33/h1-30H. The predicted octanol–water partition coefficient (Wildman–Crippen LogP) is 12.3. The van der Waals surface area contributed by atoms with Gasteiger partial charge < -0.3 is 0 Å². The lowest BCUT2D eigenvalue weighted by Gasteiger charge is -2.19. The minimum atomic E-state index is 1.16. The fourth-order valence-corrected chi connectivity index (χ4v) is 7.19. The molecule has 0 atom stereocenters. The highest BCUT2D eigenvalue weighted by Crippen LogP contribution is 2.45. The van der Waals surface area contributed by atoms with Gasteiger partial charge in [0, 0.05) is 24.8 Å². The van der Waals surface area contributed by atoms with Gasteiger partial charge in [-0.25, -0.2) is 0 Å². The third-order valence-corrected chi connectivity index (χ3v) is 9.50. The molecule has 0 aliphatic heterocycles. The van der Waals surface area contributed by atoms with Crippen LogP contribution >= 0.6 is 0 Å². The van der Waals surface area contributed by atoms with Crippen LogP contribution in [0.15, 0.2) is 183 Å². The second kappa shape index (κ2) is 11.8. The molecule has 0 aliphatic carbocycles. The first-order valence-electron chi connectivity index (χ1n) is 16.3. The van der Waals surface area contributed by atoms with E-state index in [4.69, 9.17) is 0 Å². The maximum Gasteiger partial charge on any atom is 0.0273 e. The molecule has 9 rings (SSSR count). The van der Waals surface area contributed by atoms with Gasteiger partial charge in [-0.2, -0.15) is 0 Å². The molecule has 0 bridgehead atoms. The molecular formula is C46H30N2. The van der Waals surface area contributed by atoms with E-state index in [1.807, 2.05) is 24.8 Å². The lowest BCUT2D eigenvalue weighted by Crippen LogP contribution is -1.92. The molecule has 0 saturated heterocycles. The van der Waals surface area contributed by atoms with Crippen molar-refractivity contribution in [2.24, 2.45) is 0 Å². The van der Waals surface area contributed by atoms with Crippen molar-refractivity contribution < 1.29 is 0 Å². The predicted molar refractivity (Wildman–Crippen MR) is 202 cm³/mol. The molecule has 2 aromatic heterocycles. The molecule has 0 fully saturated rings. The lowest BCUT2D eigenvalue weighted by molar-refractivity contribution is 1.33. The van der Waals surface area contributed by atoms with Gasteiger partial charge >= 0.3 is 0 Å². The second-order valence-corrected chi connectivity index (χ2v) is 12.2. The summed E-state index contributed by atoms with van der Waals surface area (Å²) in [4.78, 5) is 8.41. The fourth-order valence-electron chi connectivity index (χ4n) is 7.19. The van der Waals surface area contributed by atoms with E-state index in [2.05, 4.69) is 168 Å². The molecule has 0 unspecified atom stereocenters. The van der Waals surface area contributed by atoms with Crippen LogP contribution in [0, 0.1) is 0 Å². The van der Waals surface area contributed by atoms with Crippen LogP contribution in [0.1, 0.15) is 0 Å². The Hall–Kier alpha value is -6.38. The highest BCUT2D eigenvalue weighted by Gasteiger charge is 2.18. The summed E-state index contributed by atoms with van der Waals surface area (Å²) in [5.41, 5.74) is 12.0. The van der Waals surface area contributed by atoms with Crippen molar-refractivity contribution in [3.63, 3.8) is 0 Å². The second-order valence-electron chi connectivity index (χ2n) is 12.2. The van der Waals surface area contributed by atoms with Crippen molar-refractivity contribution in [3.05, 3.63) is 183 Å². The summed E-state index contributed by atoms with van der Waals surface area (Å²) in [6.45, 7) is 0. The number of benzene rings is 7. The van der Waals surface area contributed by atoms with Crippen molar-refractivity contribution in [1.29, 1.82) is 0 Å². The monoisotopic (exact) mass is 610 g/mol.